The van der Waals surface area contributed by atoms with Crippen molar-refractivity contribution in [2.45, 2.75) is 39.0 Å². The van der Waals surface area contributed by atoms with Gasteiger partial charge in [0.1, 0.15) is 17.9 Å². The summed E-state index contributed by atoms with van der Waals surface area (Å²) in [5, 5.41) is 9.57. The predicted molar refractivity (Wildman–Crippen MR) is 82.1 cm³/mol. The van der Waals surface area contributed by atoms with Crippen LogP contribution in [-0.2, 0) is 13.0 Å². The molecule has 1 aromatic carbocycles. The lowest BCUT2D eigenvalue weighted by molar-refractivity contribution is -0.0502. The van der Waals surface area contributed by atoms with Gasteiger partial charge in [-0.15, -0.1) is 0 Å². The van der Waals surface area contributed by atoms with Gasteiger partial charge in [-0.2, -0.15) is 13.9 Å². The monoisotopic (exact) mass is 337 g/mol. The molecule has 0 radical (unpaired) electrons. The van der Waals surface area contributed by atoms with Gasteiger partial charge in [0.25, 0.3) is 0 Å². The van der Waals surface area contributed by atoms with E-state index in [-0.39, 0.29) is 11.8 Å². The summed E-state index contributed by atoms with van der Waals surface area (Å²) in [5.74, 6) is 0.938. The van der Waals surface area contributed by atoms with Gasteiger partial charge in [-0.1, -0.05) is 6.07 Å². The van der Waals surface area contributed by atoms with Crippen LogP contribution in [0.15, 0.2) is 24.5 Å². The van der Waals surface area contributed by atoms with Crippen LogP contribution in [0.5, 0.6) is 5.75 Å². The van der Waals surface area contributed by atoms with Gasteiger partial charge in [0.2, 0.25) is 0 Å². The van der Waals surface area contributed by atoms with E-state index in [0.29, 0.717) is 17.8 Å². The molecule has 0 unspecified atom stereocenters. The summed E-state index contributed by atoms with van der Waals surface area (Å²) in [6, 6.07) is 4.13. The molecule has 24 heavy (non-hydrogen) atoms. The number of ether oxygens (including phenoxy) is 1. The molecule has 3 rings (SSSR count). The Morgan fingerprint density at radius 2 is 2.29 bits per heavy atom. The number of benzene rings is 1. The largest absolute Gasteiger partial charge is 0.434 e. The van der Waals surface area contributed by atoms with Crippen molar-refractivity contribution < 1.29 is 18.3 Å². The van der Waals surface area contributed by atoms with E-state index in [1.54, 1.807) is 23.7 Å². The molecule has 0 spiro atoms. The Morgan fingerprint density at radius 3 is 3.08 bits per heavy atom. The smallest absolute Gasteiger partial charge is 0.387 e. The maximum atomic E-state index is 12.4. The molecule has 0 saturated carbocycles. The van der Waals surface area contributed by atoms with Gasteiger partial charge in [-0.25, -0.2) is 14.5 Å². The number of alkyl halides is 2. The molecule has 0 aliphatic carbocycles. The molecule has 7 nitrogen and oxygen atoms in total. The topological polar surface area (TPSA) is 81.1 Å². The number of urea groups is 1. The summed E-state index contributed by atoms with van der Waals surface area (Å²) < 4.78 is 30.9. The minimum Gasteiger partial charge on any atom is -0.434 e. The van der Waals surface area contributed by atoms with Crippen LogP contribution in [0.4, 0.5) is 19.3 Å². The van der Waals surface area contributed by atoms with E-state index < -0.39 is 12.6 Å². The molecule has 0 fully saturated rings. The second-order valence-corrected chi connectivity index (χ2v) is 5.55. The van der Waals surface area contributed by atoms with E-state index in [9.17, 15) is 13.6 Å². The van der Waals surface area contributed by atoms with Crippen LogP contribution in [0.25, 0.3) is 0 Å². The SMILES string of the molecule is Cc1ccc(NC(=O)N[C@@H]2CCc3ncnn3C2)cc1OC(F)F. The molecule has 9 heteroatoms. The maximum Gasteiger partial charge on any atom is 0.387 e. The van der Waals surface area contributed by atoms with Crippen molar-refractivity contribution in [2.24, 2.45) is 0 Å². The number of aromatic nitrogens is 3. The number of halogens is 2. The third-order valence-electron chi connectivity index (χ3n) is 3.80. The zero-order chi connectivity index (χ0) is 17.1. The number of carbonyl (C=O) groups is 1. The Kier molecular flexibility index (Phi) is 4.59. The number of rotatable bonds is 4. The van der Waals surface area contributed by atoms with Gasteiger partial charge in [0.05, 0.1) is 12.6 Å². The van der Waals surface area contributed by atoms with E-state index in [2.05, 4.69) is 25.5 Å². The highest BCUT2D eigenvalue weighted by atomic mass is 19.3. The molecule has 2 aromatic rings. The number of nitrogens with zero attached hydrogens (tertiary/aromatic N) is 3. The number of amides is 2. The molecule has 2 N–H and O–H groups in total. The third kappa shape index (κ3) is 3.79. The number of hydrogen-bond donors (Lipinski definition) is 2. The normalized spacial score (nSPS) is 16.6. The lowest BCUT2D eigenvalue weighted by Crippen LogP contribution is -2.43. The fourth-order valence-corrected chi connectivity index (χ4v) is 2.61. The number of carbonyl (C=O) groups excluding carboxylic acids is 1. The lowest BCUT2D eigenvalue weighted by atomic mass is 10.1. The zero-order valence-corrected chi connectivity index (χ0v) is 13.0. The Balaban J connectivity index is 1.59. The van der Waals surface area contributed by atoms with Crippen LogP contribution >= 0.6 is 0 Å². The minimum absolute atomic E-state index is 0.0349. The summed E-state index contributed by atoms with van der Waals surface area (Å²) in [7, 11) is 0. The summed E-state index contributed by atoms with van der Waals surface area (Å²) in [6.45, 7) is -0.706. The van der Waals surface area contributed by atoms with Crippen LogP contribution < -0.4 is 15.4 Å². The first-order valence-corrected chi connectivity index (χ1v) is 7.51. The quantitative estimate of drug-likeness (QED) is 0.897. The van der Waals surface area contributed by atoms with E-state index >= 15 is 0 Å². The number of anilines is 1. The van der Waals surface area contributed by atoms with Crippen molar-refractivity contribution in [2.75, 3.05) is 5.32 Å². The Labute approximate surface area is 137 Å². The predicted octanol–water partition coefficient (Wildman–Crippen LogP) is 2.32. The lowest BCUT2D eigenvalue weighted by Gasteiger charge is -2.23. The number of fused-ring (bicyclic) bond motifs is 1. The number of nitrogens with one attached hydrogen (secondary N) is 2. The highest BCUT2D eigenvalue weighted by molar-refractivity contribution is 5.89. The first-order valence-electron chi connectivity index (χ1n) is 7.51. The second kappa shape index (κ2) is 6.81. The van der Waals surface area contributed by atoms with Crippen LogP contribution in [0, 0.1) is 6.92 Å². The van der Waals surface area contributed by atoms with E-state index in [4.69, 9.17) is 0 Å². The average Bonchev–Trinajstić information content (AvgIpc) is 2.97. The molecule has 2 amide bonds. The van der Waals surface area contributed by atoms with Gasteiger partial charge in [-0.3, -0.25) is 0 Å². The Bertz CT molecular complexity index is 734. The molecule has 128 valence electrons. The van der Waals surface area contributed by atoms with Crippen molar-refractivity contribution in [3.05, 3.63) is 35.9 Å². The first kappa shape index (κ1) is 16.2. The first-order chi connectivity index (χ1) is 11.5. The Morgan fingerprint density at radius 1 is 1.46 bits per heavy atom. The molecule has 1 aliphatic rings. The molecule has 1 atom stereocenters. The summed E-state index contributed by atoms with van der Waals surface area (Å²) in [5.41, 5.74) is 0.943. The van der Waals surface area contributed by atoms with Crippen LogP contribution in [0.3, 0.4) is 0 Å². The average molecular weight is 337 g/mol. The molecule has 2 heterocycles. The fourth-order valence-electron chi connectivity index (χ4n) is 2.61. The van der Waals surface area contributed by atoms with Gasteiger partial charge >= 0.3 is 12.6 Å². The third-order valence-corrected chi connectivity index (χ3v) is 3.80. The maximum absolute atomic E-state index is 12.4. The summed E-state index contributed by atoms with van der Waals surface area (Å²) in [4.78, 5) is 16.2. The highest BCUT2D eigenvalue weighted by Gasteiger charge is 2.21. The van der Waals surface area contributed by atoms with Crippen molar-refractivity contribution in [1.29, 1.82) is 0 Å². The minimum atomic E-state index is -2.91. The van der Waals surface area contributed by atoms with Crippen molar-refractivity contribution in [3.8, 4) is 5.75 Å². The molecule has 1 aromatic heterocycles. The molecule has 0 bridgehead atoms. The van der Waals surface area contributed by atoms with Crippen LogP contribution in [0.2, 0.25) is 0 Å². The fraction of sp³-hybridized carbons (Fsp3) is 0.400. The van der Waals surface area contributed by atoms with E-state index in [1.807, 2.05) is 0 Å². The van der Waals surface area contributed by atoms with E-state index in [1.165, 1.54) is 12.4 Å². The van der Waals surface area contributed by atoms with Gasteiger partial charge in [-0.05, 0) is 25.0 Å². The number of hydrogen-bond acceptors (Lipinski definition) is 4. The van der Waals surface area contributed by atoms with Gasteiger partial charge in [0.15, 0.2) is 0 Å². The van der Waals surface area contributed by atoms with Crippen molar-refractivity contribution in [3.63, 3.8) is 0 Å². The van der Waals surface area contributed by atoms with Crippen LogP contribution in [0.1, 0.15) is 17.8 Å². The standard InChI is InChI=1S/C15H17F2N5O2/c1-9-2-3-10(6-12(9)24-14(16)17)20-15(23)21-11-4-5-13-18-8-19-22(13)7-11/h2-3,6,8,11,14H,4-5,7H2,1H3,(H2,20,21,23)/t11-/m1/s1. The van der Waals surface area contributed by atoms with Gasteiger partial charge < -0.3 is 15.4 Å². The zero-order valence-electron chi connectivity index (χ0n) is 13.0. The second-order valence-electron chi connectivity index (χ2n) is 5.55. The van der Waals surface area contributed by atoms with Gasteiger partial charge in [0, 0.05) is 18.2 Å². The number of aryl methyl sites for hydroxylation is 2. The molecular weight excluding hydrogens is 320 g/mol. The highest BCUT2D eigenvalue weighted by Crippen LogP contribution is 2.24. The van der Waals surface area contributed by atoms with Crippen LogP contribution in [-0.4, -0.2) is 33.4 Å². The molecular formula is C15H17F2N5O2. The Hall–Kier alpha value is -2.71. The van der Waals surface area contributed by atoms with Crippen molar-refractivity contribution >= 4 is 11.7 Å². The van der Waals surface area contributed by atoms with E-state index in [0.717, 1.165) is 18.7 Å². The van der Waals surface area contributed by atoms with Crippen molar-refractivity contribution in [1.82, 2.24) is 20.1 Å². The molecule has 0 saturated heterocycles. The summed E-state index contributed by atoms with van der Waals surface area (Å²) in [6.07, 6.45) is 3.00. The summed E-state index contributed by atoms with van der Waals surface area (Å²) >= 11 is 0. The molecule has 1 aliphatic heterocycles.